The topological polar surface area (TPSA) is 93.6 Å². The quantitative estimate of drug-likeness (QED) is 0.389. The number of hydrogen-bond acceptors (Lipinski definition) is 5. The van der Waals surface area contributed by atoms with Crippen molar-refractivity contribution in [2.45, 2.75) is 6.92 Å². The largest absolute Gasteiger partial charge is 0.437 e. The van der Waals surface area contributed by atoms with Gasteiger partial charge in [0.25, 0.3) is 0 Å². The second kappa shape index (κ2) is 5.53. The lowest BCUT2D eigenvalue weighted by atomic mass is 10.2. The van der Waals surface area contributed by atoms with Gasteiger partial charge in [-0.05, 0) is 36.8 Å². The molecule has 0 atom stereocenters. The van der Waals surface area contributed by atoms with E-state index in [0.29, 0.717) is 16.3 Å². The number of amidine groups is 1. The van der Waals surface area contributed by atoms with Gasteiger partial charge in [-0.3, -0.25) is 0 Å². The molecule has 0 saturated carbocycles. The lowest BCUT2D eigenvalue weighted by molar-refractivity contribution is 0.318. The first-order valence-corrected chi connectivity index (χ1v) is 5.73. The van der Waals surface area contributed by atoms with Crippen LogP contribution in [0.15, 0.2) is 35.6 Å². The van der Waals surface area contributed by atoms with Crippen LogP contribution in [-0.4, -0.2) is 21.2 Å². The van der Waals surface area contributed by atoms with Gasteiger partial charge in [-0.15, -0.1) is 5.10 Å². The summed E-state index contributed by atoms with van der Waals surface area (Å²) in [5.74, 6) is 0.587. The summed E-state index contributed by atoms with van der Waals surface area (Å²) in [6.45, 7) is 1.86. The highest BCUT2D eigenvalue weighted by Crippen LogP contribution is 2.26. The summed E-state index contributed by atoms with van der Waals surface area (Å²) in [7, 11) is 0. The van der Waals surface area contributed by atoms with Crippen molar-refractivity contribution in [2.24, 2.45) is 10.9 Å². The first kappa shape index (κ1) is 13.1. The molecule has 19 heavy (non-hydrogen) atoms. The average Bonchev–Trinajstić information content (AvgIpc) is 2.43. The first-order valence-electron chi connectivity index (χ1n) is 5.35. The molecule has 0 radical (unpaired) electrons. The van der Waals surface area contributed by atoms with Gasteiger partial charge in [0.1, 0.15) is 5.75 Å². The number of ether oxygens (including phenoxy) is 1. The zero-order valence-electron chi connectivity index (χ0n) is 10.0. The number of benzene rings is 1. The molecule has 98 valence electrons. The van der Waals surface area contributed by atoms with Gasteiger partial charge in [0.15, 0.2) is 5.84 Å². The zero-order chi connectivity index (χ0) is 13.8. The van der Waals surface area contributed by atoms with Crippen LogP contribution in [0.5, 0.6) is 11.6 Å². The van der Waals surface area contributed by atoms with Crippen LogP contribution < -0.4 is 10.5 Å². The summed E-state index contributed by atoms with van der Waals surface area (Å²) in [5, 5.41) is 19.8. The number of halogens is 1. The number of oxime groups is 1. The summed E-state index contributed by atoms with van der Waals surface area (Å²) < 4.78 is 5.56. The van der Waals surface area contributed by atoms with Crippen LogP contribution >= 0.6 is 11.6 Å². The Bertz CT molecular complexity index is 631. The van der Waals surface area contributed by atoms with Gasteiger partial charge >= 0.3 is 0 Å². The minimum Gasteiger partial charge on any atom is -0.437 e. The summed E-state index contributed by atoms with van der Waals surface area (Å²) >= 11 is 5.93. The van der Waals surface area contributed by atoms with Crippen molar-refractivity contribution in [3.05, 3.63) is 46.6 Å². The van der Waals surface area contributed by atoms with E-state index in [0.717, 1.165) is 5.56 Å². The number of aromatic nitrogens is 2. The van der Waals surface area contributed by atoms with Crippen LogP contribution in [0.2, 0.25) is 5.02 Å². The third kappa shape index (κ3) is 2.92. The molecule has 2 rings (SSSR count). The molecule has 0 fully saturated rings. The minimum absolute atomic E-state index is 0.101. The molecular weight excluding hydrogens is 268 g/mol. The highest BCUT2D eigenvalue weighted by atomic mass is 35.5. The van der Waals surface area contributed by atoms with E-state index in [1.54, 1.807) is 24.3 Å². The Labute approximate surface area is 114 Å². The molecule has 0 saturated heterocycles. The van der Waals surface area contributed by atoms with Crippen molar-refractivity contribution < 1.29 is 9.94 Å². The van der Waals surface area contributed by atoms with Crippen LogP contribution in [0, 0.1) is 6.92 Å². The Hall–Kier alpha value is -2.34. The van der Waals surface area contributed by atoms with E-state index in [1.807, 2.05) is 6.92 Å². The van der Waals surface area contributed by atoms with E-state index in [4.69, 9.17) is 27.3 Å². The zero-order valence-corrected chi connectivity index (χ0v) is 10.8. The van der Waals surface area contributed by atoms with E-state index in [1.165, 1.54) is 6.20 Å². The van der Waals surface area contributed by atoms with Crippen molar-refractivity contribution in [3.63, 3.8) is 0 Å². The number of rotatable bonds is 3. The van der Waals surface area contributed by atoms with Gasteiger partial charge in [0.05, 0.1) is 11.8 Å². The summed E-state index contributed by atoms with van der Waals surface area (Å²) in [6, 6.07) is 6.71. The van der Waals surface area contributed by atoms with Crippen LogP contribution in [0.1, 0.15) is 11.1 Å². The third-order valence-electron chi connectivity index (χ3n) is 2.41. The fraction of sp³-hybridized carbons (Fsp3) is 0.0833. The summed E-state index contributed by atoms with van der Waals surface area (Å²) in [5.41, 5.74) is 6.75. The second-order valence-electron chi connectivity index (χ2n) is 3.75. The Morgan fingerprint density at radius 1 is 1.42 bits per heavy atom. The van der Waals surface area contributed by atoms with E-state index < -0.39 is 0 Å². The second-order valence-corrected chi connectivity index (χ2v) is 4.16. The van der Waals surface area contributed by atoms with Gasteiger partial charge in [-0.1, -0.05) is 16.8 Å². The van der Waals surface area contributed by atoms with Crippen molar-refractivity contribution in [3.8, 4) is 11.6 Å². The monoisotopic (exact) mass is 278 g/mol. The van der Waals surface area contributed by atoms with E-state index in [2.05, 4.69) is 15.4 Å². The molecule has 1 aromatic heterocycles. The Morgan fingerprint density at radius 2 is 2.21 bits per heavy atom. The molecule has 6 nitrogen and oxygen atoms in total. The van der Waals surface area contributed by atoms with E-state index >= 15 is 0 Å². The third-order valence-corrected chi connectivity index (χ3v) is 2.84. The number of nitrogens with zero attached hydrogens (tertiary/aromatic N) is 3. The van der Waals surface area contributed by atoms with Crippen molar-refractivity contribution in [2.75, 3.05) is 0 Å². The van der Waals surface area contributed by atoms with Crippen molar-refractivity contribution in [1.29, 1.82) is 0 Å². The molecule has 0 aliphatic carbocycles. The Balaban J connectivity index is 2.35. The molecule has 7 heteroatoms. The molecule has 0 amide bonds. The molecule has 0 aliphatic rings. The molecule has 1 aromatic carbocycles. The average molecular weight is 279 g/mol. The SMILES string of the molecule is Cc1cc(Oc2nnccc2/C(N)=N/O)ccc1Cl. The number of nitrogens with two attached hydrogens (primary N) is 1. The highest BCUT2D eigenvalue weighted by Gasteiger charge is 2.11. The lowest BCUT2D eigenvalue weighted by Gasteiger charge is -2.08. The van der Waals surface area contributed by atoms with Gasteiger partial charge < -0.3 is 15.7 Å². The fourth-order valence-electron chi connectivity index (χ4n) is 1.44. The first-order chi connectivity index (χ1) is 9.11. The lowest BCUT2D eigenvalue weighted by Crippen LogP contribution is -2.15. The molecular formula is C12H11ClN4O2. The predicted octanol–water partition coefficient (Wildman–Crippen LogP) is 2.33. The highest BCUT2D eigenvalue weighted by molar-refractivity contribution is 6.31. The molecule has 3 N–H and O–H groups in total. The molecule has 0 unspecified atom stereocenters. The number of aryl methyl sites for hydroxylation is 1. The van der Waals surface area contributed by atoms with Crippen molar-refractivity contribution in [1.82, 2.24) is 10.2 Å². The standard InChI is InChI=1S/C12H11ClN4O2/c1-7-6-8(2-3-10(7)13)19-12-9(11(14)17-18)4-5-15-16-12/h2-6,18H,1H3,(H2,14,17). The van der Waals surface area contributed by atoms with Crippen LogP contribution in [0.3, 0.4) is 0 Å². The summed E-state index contributed by atoms with van der Waals surface area (Å²) in [6.07, 6.45) is 1.42. The minimum atomic E-state index is -0.101. The molecule has 0 bridgehead atoms. The number of hydrogen-bond donors (Lipinski definition) is 2. The molecule has 0 aliphatic heterocycles. The maximum atomic E-state index is 8.70. The van der Waals surface area contributed by atoms with Gasteiger partial charge in [-0.25, -0.2) is 0 Å². The van der Waals surface area contributed by atoms with E-state index in [-0.39, 0.29) is 11.7 Å². The van der Waals surface area contributed by atoms with Gasteiger partial charge in [0, 0.05) is 5.02 Å². The Kier molecular flexibility index (Phi) is 3.82. The van der Waals surface area contributed by atoms with Crippen LogP contribution in [-0.2, 0) is 0 Å². The van der Waals surface area contributed by atoms with Gasteiger partial charge in [0.2, 0.25) is 5.88 Å². The normalized spacial score (nSPS) is 11.4. The Morgan fingerprint density at radius 3 is 2.89 bits per heavy atom. The fourth-order valence-corrected chi connectivity index (χ4v) is 1.55. The predicted molar refractivity (Wildman–Crippen MR) is 70.8 cm³/mol. The van der Waals surface area contributed by atoms with Crippen LogP contribution in [0.4, 0.5) is 0 Å². The van der Waals surface area contributed by atoms with Crippen LogP contribution in [0.25, 0.3) is 0 Å². The molecule has 1 heterocycles. The maximum absolute atomic E-state index is 8.70. The van der Waals surface area contributed by atoms with Crippen molar-refractivity contribution >= 4 is 17.4 Å². The van der Waals surface area contributed by atoms with E-state index in [9.17, 15) is 0 Å². The summed E-state index contributed by atoms with van der Waals surface area (Å²) in [4.78, 5) is 0. The smallest absolute Gasteiger partial charge is 0.250 e. The maximum Gasteiger partial charge on any atom is 0.250 e. The molecule has 0 spiro atoms. The molecule has 2 aromatic rings. The van der Waals surface area contributed by atoms with Gasteiger partial charge in [-0.2, -0.15) is 5.10 Å².